The lowest BCUT2D eigenvalue weighted by molar-refractivity contribution is -0.111. The average Bonchev–Trinajstić information content (AvgIpc) is 3.09. The van der Waals surface area contributed by atoms with Gasteiger partial charge in [-0.3, -0.25) is 9.36 Å². The van der Waals surface area contributed by atoms with Crippen molar-refractivity contribution >= 4 is 0 Å². The molecule has 0 amide bonds. The lowest BCUT2D eigenvalue weighted by Crippen LogP contribution is -2.55. The van der Waals surface area contributed by atoms with Gasteiger partial charge in [-0.2, -0.15) is 4.98 Å². The van der Waals surface area contributed by atoms with Crippen LogP contribution in [0.5, 0.6) is 0 Å². The summed E-state index contributed by atoms with van der Waals surface area (Å²) in [6.07, 6.45) is 8.87. The van der Waals surface area contributed by atoms with Crippen molar-refractivity contribution in [2.45, 2.75) is 84.8 Å². The second kappa shape index (κ2) is 7.03. The molecule has 178 valence electrons. The smallest absolute Gasteiger partial charge is 0.352 e. The van der Waals surface area contributed by atoms with Gasteiger partial charge in [0.15, 0.2) is 5.82 Å². The lowest BCUT2D eigenvalue weighted by Gasteiger charge is -2.60. The highest BCUT2D eigenvalue weighted by Crippen LogP contribution is 2.65. The number of nitrogens with zero attached hydrogens (tertiary/aromatic N) is 3. The van der Waals surface area contributed by atoms with Crippen LogP contribution in [0, 0.1) is 34.5 Å². The normalized spacial score (nSPS) is 39.6. The molecule has 0 aromatic heterocycles. The first-order valence-electron chi connectivity index (χ1n) is 13.0. The van der Waals surface area contributed by atoms with Crippen molar-refractivity contribution in [1.82, 2.24) is 14.1 Å². The monoisotopic (exact) mass is 451 g/mol. The minimum absolute atomic E-state index is 0.103. The van der Waals surface area contributed by atoms with E-state index in [2.05, 4.69) is 36.4 Å². The van der Waals surface area contributed by atoms with Gasteiger partial charge in [-0.05, 0) is 104 Å². The second-order valence-corrected chi connectivity index (χ2v) is 12.0. The van der Waals surface area contributed by atoms with Crippen LogP contribution in [-0.4, -0.2) is 25.3 Å². The predicted octanol–water partition coefficient (Wildman–Crippen LogP) is 3.39. The van der Waals surface area contributed by atoms with Gasteiger partial charge in [0, 0.05) is 19.3 Å². The average molecular weight is 452 g/mol. The summed E-state index contributed by atoms with van der Waals surface area (Å²) in [6.45, 7) is 7.66. The van der Waals surface area contributed by atoms with Gasteiger partial charge in [0.1, 0.15) is 0 Å². The number of aromatic nitrogens is 3. The van der Waals surface area contributed by atoms with Gasteiger partial charge >= 0.3 is 5.69 Å². The topological polar surface area (TPSA) is 77.1 Å². The highest BCUT2D eigenvalue weighted by Gasteiger charge is 2.60. The number of fused-ring (bicyclic) bond motifs is 7. The Hall–Kier alpha value is -1.95. The molecule has 0 spiro atoms. The van der Waals surface area contributed by atoms with E-state index in [4.69, 9.17) is 0 Å². The Labute approximate surface area is 195 Å². The van der Waals surface area contributed by atoms with Crippen LogP contribution in [0.15, 0.2) is 15.7 Å². The van der Waals surface area contributed by atoms with Gasteiger partial charge in [-0.1, -0.05) is 13.8 Å². The molecule has 3 saturated carbocycles. The van der Waals surface area contributed by atoms with Crippen LogP contribution in [0.25, 0.3) is 11.4 Å². The molecule has 0 bridgehead atoms. The maximum Gasteiger partial charge on any atom is 0.352 e. The molecule has 1 N–H and O–H groups in total. The number of hydrogen-bond donors (Lipinski definition) is 1. The molecule has 0 aromatic carbocycles. The van der Waals surface area contributed by atoms with Crippen molar-refractivity contribution in [3.8, 4) is 11.4 Å². The summed E-state index contributed by atoms with van der Waals surface area (Å²) < 4.78 is 3.27. The van der Waals surface area contributed by atoms with E-state index in [9.17, 15) is 14.7 Å². The van der Waals surface area contributed by atoms with E-state index >= 15 is 0 Å². The summed E-state index contributed by atoms with van der Waals surface area (Å²) in [5, 5.41) is 10.8. The van der Waals surface area contributed by atoms with E-state index in [1.165, 1.54) is 44.0 Å². The molecule has 6 nitrogen and oxygen atoms in total. The summed E-state index contributed by atoms with van der Waals surface area (Å²) in [5.74, 6) is 3.21. The van der Waals surface area contributed by atoms with Gasteiger partial charge in [-0.25, -0.2) is 4.79 Å². The van der Waals surface area contributed by atoms with Crippen molar-refractivity contribution in [3.63, 3.8) is 0 Å². The van der Waals surface area contributed by atoms with E-state index in [0.717, 1.165) is 30.3 Å². The summed E-state index contributed by atoms with van der Waals surface area (Å²) in [5.41, 5.74) is 2.75. The minimum atomic E-state index is -0.472. The van der Waals surface area contributed by atoms with Crippen molar-refractivity contribution in [2.75, 3.05) is 0 Å². The Morgan fingerprint density at radius 3 is 2.61 bits per heavy atom. The molecule has 2 heterocycles. The number of pyridine rings is 1. The quantitative estimate of drug-likeness (QED) is 0.721. The fraction of sp³-hybridized carbons (Fsp3) is 0.741. The fourth-order valence-corrected chi connectivity index (χ4v) is 8.98. The molecule has 0 radical (unpaired) electrons. The Morgan fingerprint density at radius 2 is 1.85 bits per heavy atom. The van der Waals surface area contributed by atoms with Crippen molar-refractivity contribution in [2.24, 2.45) is 41.5 Å². The van der Waals surface area contributed by atoms with E-state index in [1.807, 2.05) is 0 Å². The predicted molar refractivity (Wildman–Crippen MR) is 127 cm³/mol. The SMILES string of the molecule is CCn1c2nc(=O)n(C)c(=O)c-2cc2c1C[C@@H]1CC[C@@H]3[C@H](CC[C@]4(C)[C@@H](O)CC[C@@H]34)[C@@]1(C)C2. The maximum atomic E-state index is 13.0. The molecule has 6 aliphatic rings. The molecular formula is C27H37N3O3. The highest BCUT2D eigenvalue weighted by molar-refractivity contribution is 5.58. The Bertz CT molecular complexity index is 1210. The van der Waals surface area contributed by atoms with Gasteiger partial charge < -0.3 is 9.67 Å². The summed E-state index contributed by atoms with van der Waals surface area (Å²) in [4.78, 5) is 29.6. The summed E-state index contributed by atoms with van der Waals surface area (Å²) >= 11 is 0. The van der Waals surface area contributed by atoms with Gasteiger partial charge in [-0.15, -0.1) is 0 Å². The molecule has 0 unspecified atom stereocenters. The Balaban J connectivity index is 1.46. The second-order valence-electron chi connectivity index (χ2n) is 12.0. The highest BCUT2D eigenvalue weighted by atomic mass is 16.3. The summed E-state index contributed by atoms with van der Waals surface area (Å²) in [6, 6.07) is 2.06. The largest absolute Gasteiger partial charge is 0.393 e. The number of aliphatic hydroxyl groups is 1. The molecule has 0 saturated heterocycles. The van der Waals surface area contributed by atoms with Gasteiger partial charge in [0.2, 0.25) is 0 Å². The van der Waals surface area contributed by atoms with Crippen LogP contribution >= 0.6 is 0 Å². The maximum absolute atomic E-state index is 13.0. The molecule has 6 heteroatoms. The van der Waals surface area contributed by atoms with E-state index < -0.39 is 5.69 Å². The van der Waals surface area contributed by atoms with Crippen molar-refractivity contribution in [3.05, 3.63) is 38.2 Å². The standard InChI is InChI=1S/C27H37N3O3/c1-5-30-21-13-16-6-7-17-19-8-9-22(31)26(19,2)11-10-20(17)27(16,3)14-15(21)12-18-23(30)28-25(33)29(4)24(18)32/h12,16-17,19-20,22,31H,5-11,13-14H2,1-4H3/t16-,17-,19-,20-,22-,26-,27-/m0/s1. The minimum Gasteiger partial charge on any atom is -0.393 e. The van der Waals surface area contributed by atoms with Crippen LogP contribution in [0.1, 0.15) is 70.6 Å². The zero-order chi connectivity index (χ0) is 23.3. The van der Waals surface area contributed by atoms with Crippen LogP contribution in [0.4, 0.5) is 0 Å². The molecule has 0 aromatic rings. The van der Waals surface area contributed by atoms with Gasteiger partial charge in [0.05, 0.1) is 11.7 Å². The Kier molecular flexibility index (Phi) is 4.60. The number of rotatable bonds is 1. The van der Waals surface area contributed by atoms with Crippen LogP contribution < -0.4 is 11.2 Å². The van der Waals surface area contributed by atoms with Crippen molar-refractivity contribution < 1.29 is 5.11 Å². The van der Waals surface area contributed by atoms with Crippen LogP contribution in [-0.2, 0) is 26.4 Å². The van der Waals surface area contributed by atoms with Gasteiger partial charge in [0.25, 0.3) is 5.56 Å². The van der Waals surface area contributed by atoms with E-state index in [-0.39, 0.29) is 22.5 Å². The lowest BCUT2D eigenvalue weighted by atomic mass is 9.45. The first-order chi connectivity index (χ1) is 15.7. The molecule has 33 heavy (non-hydrogen) atoms. The number of hydrogen-bond acceptors (Lipinski definition) is 4. The van der Waals surface area contributed by atoms with Crippen LogP contribution in [0.3, 0.4) is 0 Å². The first kappa shape index (κ1) is 21.6. The van der Waals surface area contributed by atoms with Crippen molar-refractivity contribution in [1.29, 1.82) is 0 Å². The third-order valence-electron chi connectivity index (χ3n) is 10.9. The molecule has 3 fully saturated rings. The summed E-state index contributed by atoms with van der Waals surface area (Å²) in [7, 11) is 1.52. The van der Waals surface area contributed by atoms with Crippen LogP contribution in [0.2, 0.25) is 0 Å². The molecule has 2 aliphatic heterocycles. The van der Waals surface area contributed by atoms with E-state index in [0.29, 0.717) is 41.6 Å². The first-order valence-corrected chi connectivity index (χ1v) is 13.0. The molecule has 4 aliphatic carbocycles. The zero-order valence-electron chi connectivity index (χ0n) is 20.4. The fourth-order valence-electron chi connectivity index (χ4n) is 8.98. The number of aliphatic hydroxyl groups excluding tert-OH is 1. The molecular weight excluding hydrogens is 414 g/mol. The Morgan fingerprint density at radius 1 is 1.09 bits per heavy atom. The third kappa shape index (κ3) is 2.73. The zero-order valence-corrected chi connectivity index (χ0v) is 20.4. The third-order valence-corrected chi connectivity index (χ3v) is 10.9. The molecule has 6 rings (SSSR count). The van der Waals surface area contributed by atoms with E-state index in [1.54, 1.807) is 0 Å². The molecule has 7 atom stereocenters.